The second-order valence-electron chi connectivity index (χ2n) is 11.0. The molecule has 216 valence electrons. The first-order chi connectivity index (χ1) is 20.4. The molecule has 0 fully saturated rings. The Morgan fingerprint density at radius 2 is 1.48 bits per heavy atom. The van der Waals surface area contributed by atoms with E-state index in [1.54, 1.807) is 0 Å². The van der Waals surface area contributed by atoms with Crippen molar-refractivity contribution in [3.63, 3.8) is 0 Å². The van der Waals surface area contributed by atoms with E-state index in [2.05, 4.69) is 33.0 Å². The highest BCUT2D eigenvalue weighted by Gasteiger charge is 2.43. The van der Waals surface area contributed by atoms with E-state index in [9.17, 15) is 9.59 Å². The third-order valence-corrected chi connectivity index (χ3v) is 9.04. The van der Waals surface area contributed by atoms with Crippen molar-refractivity contribution < 1.29 is 19.1 Å². The van der Waals surface area contributed by atoms with Crippen molar-refractivity contribution in [3.05, 3.63) is 115 Å². The topological polar surface area (TPSA) is 55.8 Å². The molecular weight excluding hydrogens is 614 g/mol. The number of halogens is 2. The average molecular weight is 647 g/mol. The monoisotopic (exact) mass is 645 g/mol. The summed E-state index contributed by atoms with van der Waals surface area (Å²) in [7, 11) is 0. The second-order valence-corrected chi connectivity index (χ2v) is 12.3. The Morgan fingerprint density at radius 3 is 2.10 bits per heavy atom. The van der Waals surface area contributed by atoms with Crippen LogP contribution in [0, 0.1) is 0 Å². The molecule has 0 radical (unpaired) electrons. The fourth-order valence-electron chi connectivity index (χ4n) is 6.40. The van der Waals surface area contributed by atoms with Crippen molar-refractivity contribution in [2.75, 3.05) is 6.61 Å². The molecule has 7 heteroatoms. The normalized spacial score (nSPS) is 17.4. The fourth-order valence-corrected chi connectivity index (χ4v) is 6.94. The predicted molar refractivity (Wildman–Crippen MR) is 168 cm³/mol. The molecule has 0 saturated heterocycles. The van der Waals surface area contributed by atoms with Crippen LogP contribution in [0.2, 0.25) is 5.02 Å². The summed E-state index contributed by atoms with van der Waals surface area (Å²) < 4.78 is 13.2. The summed E-state index contributed by atoms with van der Waals surface area (Å²) in [6.45, 7) is 3.30. The van der Waals surface area contributed by atoms with Gasteiger partial charge < -0.3 is 14.4 Å². The number of Topliss-reactive ketones (excluding diaryl/α,β-unsaturated/α-hetero) is 2. The first kappa shape index (κ1) is 28.8. The van der Waals surface area contributed by atoms with E-state index < -0.39 is 5.92 Å². The number of hydrogen-bond acceptors (Lipinski definition) is 5. The number of carbonyl (C=O) groups is 2. The lowest BCUT2D eigenvalue weighted by atomic mass is 9.71. The summed E-state index contributed by atoms with van der Waals surface area (Å²) in [6.07, 6.45) is 4.17. The standard InChI is InChI=1S/C35H33BrClNO4/c1-2-41-31-19-24(18-26(37)35(31)42-21-23-14-16-25(36)17-15-23)32-33-27(10-6-12-29(33)39)38(20-22-8-4-3-5-9-22)28-11-7-13-30(40)34(28)32/h3-5,8-9,14-19,32H,2,6-7,10-13,20-21H2,1H3. The van der Waals surface area contributed by atoms with E-state index in [-0.39, 0.29) is 11.6 Å². The number of ketones is 2. The van der Waals surface area contributed by atoms with Gasteiger partial charge in [-0.3, -0.25) is 9.59 Å². The van der Waals surface area contributed by atoms with Gasteiger partial charge in [-0.2, -0.15) is 0 Å². The van der Waals surface area contributed by atoms with Crippen LogP contribution in [-0.4, -0.2) is 23.1 Å². The zero-order valence-electron chi connectivity index (χ0n) is 23.6. The number of benzene rings is 3. The van der Waals surface area contributed by atoms with Crippen molar-refractivity contribution in [1.82, 2.24) is 4.90 Å². The second kappa shape index (κ2) is 12.5. The number of carbonyl (C=O) groups excluding carboxylic acids is 2. The van der Waals surface area contributed by atoms with Crippen LogP contribution < -0.4 is 9.47 Å². The molecule has 1 aliphatic heterocycles. The third kappa shape index (κ3) is 5.67. The van der Waals surface area contributed by atoms with Crippen LogP contribution in [-0.2, 0) is 22.7 Å². The molecule has 0 atom stereocenters. The van der Waals surface area contributed by atoms with Crippen molar-refractivity contribution >= 4 is 39.1 Å². The van der Waals surface area contributed by atoms with Crippen LogP contribution in [0.25, 0.3) is 0 Å². The molecule has 0 unspecified atom stereocenters. The van der Waals surface area contributed by atoms with E-state index >= 15 is 0 Å². The Morgan fingerprint density at radius 1 is 0.833 bits per heavy atom. The maximum Gasteiger partial charge on any atom is 0.180 e. The average Bonchev–Trinajstić information content (AvgIpc) is 2.99. The van der Waals surface area contributed by atoms with E-state index in [1.165, 1.54) is 0 Å². The molecule has 0 bridgehead atoms. The van der Waals surface area contributed by atoms with Gasteiger partial charge in [-0.15, -0.1) is 0 Å². The van der Waals surface area contributed by atoms with Crippen LogP contribution in [0.1, 0.15) is 68.1 Å². The number of hydrogen-bond donors (Lipinski definition) is 0. The minimum atomic E-state index is -0.472. The van der Waals surface area contributed by atoms with Crippen molar-refractivity contribution in [2.45, 2.75) is 64.5 Å². The molecule has 6 rings (SSSR count). The van der Waals surface area contributed by atoms with Gasteiger partial charge in [0, 0.05) is 52.3 Å². The maximum absolute atomic E-state index is 13.7. The lowest BCUT2D eigenvalue weighted by Crippen LogP contribution is -2.38. The molecule has 2 aliphatic carbocycles. The summed E-state index contributed by atoms with van der Waals surface area (Å²) in [5.74, 6) is 0.710. The summed E-state index contributed by atoms with van der Waals surface area (Å²) in [5, 5.41) is 0.399. The van der Waals surface area contributed by atoms with Gasteiger partial charge in [0.2, 0.25) is 0 Å². The van der Waals surface area contributed by atoms with Gasteiger partial charge in [-0.25, -0.2) is 0 Å². The zero-order chi connectivity index (χ0) is 29.2. The molecule has 42 heavy (non-hydrogen) atoms. The molecule has 0 saturated carbocycles. The first-order valence-electron chi connectivity index (χ1n) is 14.6. The highest BCUT2D eigenvalue weighted by Crippen LogP contribution is 2.51. The Balaban J connectivity index is 1.45. The SMILES string of the molecule is CCOc1cc(C2C3=C(CCCC3=O)N(Cc3ccccc3)C3=C2C(=O)CCC3)cc(Cl)c1OCc1ccc(Br)cc1. The highest BCUT2D eigenvalue weighted by atomic mass is 79.9. The molecular formula is C35H33BrClNO4. The maximum atomic E-state index is 13.7. The van der Waals surface area contributed by atoms with Gasteiger partial charge in [0.1, 0.15) is 6.61 Å². The third-order valence-electron chi connectivity index (χ3n) is 8.23. The van der Waals surface area contributed by atoms with E-state index in [0.717, 1.165) is 69.4 Å². The van der Waals surface area contributed by atoms with Gasteiger partial charge in [0.25, 0.3) is 0 Å². The van der Waals surface area contributed by atoms with Crippen LogP contribution in [0.4, 0.5) is 0 Å². The van der Waals surface area contributed by atoms with Crippen molar-refractivity contribution in [2.24, 2.45) is 0 Å². The van der Waals surface area contributed by atoms with Gasteiger partial charge in [0.15, 0.2) is 23.1 Å². The zero-order valence-corrected chi connectivity index (χ0v) is 26.0. The van der Waals surface area contributed by atoms with Crippen LogP contribution in [0.3, 0.4) is 0 Å². The predicted octanol–water partition coefficient (Wildman–Crippen LogP) is 8.69. The quantitative estimate of drug-likeness (QED) is 0.245. The molecule has 3 aromatic carbocycles. The number of rotatable bonds is 8. The molecule has 0 spiro atoms. The first-order valence-corrected chi connectivity index (χ1v) is 15.8. The Bertz CT molecular complexity index is 1530. The Labute approximate surface area is 260 Å². The van der Waals surface area contributed by atoms with Crippen LogP contribution in [0.5, 0.6) is 11.5 Å². The van der Waals surface area contributed by atoms with Crippen molar-refractivity contribution in [3.8, 4) is 11.5 Å². The molecule has 3 aromatic rings. The number of allylic oxidation sites excluding steroid dienone is 4. The highest BCUT2D eigenvalue weighted by molar-refractivity contribution is 9.10. The molecule has 5 nitrogen and oxygen atoms in total. The summed E-state index contributed by atoms with van der Waals surface area (Å²) in [5.41, 5.74) is 6.48. The molecule has 1 heterocycles. The molecule has 0 amide bonds. The summed E-state index contributed by atoms with van der Waals surface area (Å²) in [6, 6.07) is 22.0. The van der Waals surface area contributed by atoms with E-state index in [0.29, 0.717) is 49.1 Å². The molecule has 0 N–H and O–H groups in total. The Hall–Kier alpha value is -3.35. The molecule has 0 aromatic heterocycles. The van der Waals surface area contributed by atoms with E-state index in [4.69, 9.17) is 21.1 Å². The van der Waals surface area contributed by atoms with Gasteiger partial charge in [0.05, 0.1) is 11.6 Å². The van der Waals surface area contributed by atoms with Gasteiger partial charge in [-0.1, -0.05) is 70.0 Å². The smallest absolute Gasteiger partial charge is 0.180 e. The number of nitrogens with zero attached hydrogens (tertiary/aromatic N) is 1. The Kier molecular flexibility index (Phi) is 8.55. The minimum Gasteiger partial charge on any atom is -0.490 e. The lowest BCUT2D eigenvalue weighted by molar-refractivity contribution is -0.117. The lowest BCUT2D eigenvalue weighted by Gasteiger charge is -2.44. The van der Waals surface area contributed by atoms with Gasteiger partial charge in [-0.05, 0) is 73.6 Å². The largest absolute Gasteiger partial charge is 0.490 e. The van der Waals surface area contributed by atoms with Crippen LogP contribution in [0.15, 0.2) is 93.7 Å². The minimum absolute atomic E-state index is 0.105. The van der Waals surface area contributed by atoms with Gasteiger partial charge >= 0.3 is 0 Å². The summed E-state index contributed by atoms with van der Waals surface area (Å²) >= 11 is 10.4. The summed E-state index contributed by atoms with van der Waals surface area (Å²) in [4.78, 5) is 29.7. The van der Waals surface area contributed by atoms with E-state index in [1.807, 2.05) is 61.5 Å². The van der Waals surface area contributed by atoms with Crippen molar-refractivity contribution in [1.29, 1.82) is 0 Å². The number of ether oxygens (including phenoxy) is 2. The van der Waals surface area contributed by atoms with Crippen LogP contribution >= 0.6 is 27.5 Å². The molecule has 3 aliphatic rings. The fraction of sp³-hybridized carbons (Fsp3) is 0.314.